The molecule has 0 spiro atoms. The van der Waals surface area contributed by atoms with Crippen LogP contribution in [0.25, 0.3) is 23.3 Å². The van der Waals surface area contributed by atoms with Gasteiger partial charge in [0.1, 0.15) is 18.1 Å². The lowest BCUT2D eigenvalue weighted by Crippen LogP contribution is -2.26. The first-order valence-corrected chi connectivity index (χ1v) is 12.5. The van der Waals surface area contributed by atoms with E-state index in [1.54, 1.807) is 12.1 Å². The third kappa shape index (κ3) is 7.33. The first-order valence-electron chi connectivity index (χ1n) is 12.5. The molecule has 0 aliphatic rings. The van der Waals surface area contributed by atoms with Crippen molar-refractivity contribution in [2.75, 3.05) is 19.7 Å². The number of nitrogens with two attached hydrogens (primary N) is 1. The number of allylic oxidation sites excluding steroid dienone is 2. The molecule has 3 aromatic rings. The quantitative estimate of drug-likeness (QED) is 0.354. The van der Waals surface area contributed by atoms with Crippen molar-refractivity contribution in [2.24, 2.45) is 5.73 Å². The molecule has 0 aromatic heterocycles. The van der Waals surface area contributed by atoms with Crippen molar-refractivity contribution in [3.05, 3.63) is 94.4 Å². The average Bonchev–Trinajstić information content (AvgIpc) is 2.90. The molecule has 0 unspecified atom stereocenters. The fraction of sp³-hybridized carbons (Fsp3) is 0.258. The van der Waals surface area contributed by atoms with Crippen molar-refractivity contribution in [1.82, 2.24) is 5.32 Å². The Morgan fingerprint density at radius 1 is 1.08 bits per heavy atom. The zero-order valence-electron chi connectivity index (χ0n) is 21.2. The van der Waals surface area contributed by atoms with Gasteiger partial charge in [0.2, 0.25) is 0 Å². The Morgan fingerprint density at radius 2 is 1.89 bits per heavy atom. The highest BCUT2D eigenvalue weighted by Gasteiger charge is 2.15. The Kier molecular flexibility index (Phi) is 10.3. The van der Waals surface area contributed by atoms with E-state index in [2.05, 4.69) is 17.4 Å². The Hall–Kier alpha value is -3.83. The van der Waals surface area contributed by atoms with E-state index in [-0.39, 0.29) is 11.7 Å². The molecule has 5 nitrogen and oxygen atoms in total. The third-order valence-electron chi connectivity index (χ3n) is 5.77. The maximum absolute atomic E-state index is 13.1. The highest BCUT2D eigenvalue weighted by atomic mass is 16.5. The van der Waals surface area contributed by atoms with Crippen molar-refractivity contribution in [1.29, 1.82) is 0 Å². The van der Waals surface area contributed by atoms with E-state index in [1.807, 2.05) is 74.5 Å². The molecule has 3 rings (SSSR count). The number of phenolic OH excluding ortho intramolecular Hbond substituents is 1. The van der Waals surface area contributed by atoms with E-state index in [0.717, 1.165) is 40.8 Å². The molecule has 5 heteroatoms. The molecule has 0 aliphatic carbocycles. The molecular formula is C31H36N2O3. The molecule has 36 heavy (non-hydrogen) atoms. The van der Waals surface area contributed by atoms with Crippen LogP contribution in [0, 0.1) is 0 Å². The van der Waals surface area contributed by atoms with E-state index >= 15 is 0 Å². The fourth-order valence-corrected chi connectivity index (χ4v) is 4.01. The summed E-state index contributed by atoms with van der Waals surface area (Å²) in [4.78, 5) is 13.1. The lowest BCUT2D eigenvalue weighted by atomic mass is 9.99. The summed E-state index contributed by atoms with van der Waals surface area (Å²) in [7, 11) is 0. The summed E-state index contributed by atoms with van der Waals surface area (Å²) >= 11 is 0. The second kappa shape index (κ2) is 13.9. The maximum atomic E-state index is 13.1. The Bertz CT molecular complexity index is 1300. The SMILES string of the molecule is C\C=C/C=c1/cc(-c2ccc(OCCN)c(C(=O)NCCCc3ccccc3)c2)cc(O)/c1=C\CC. The van der Waals surface area contributed by atoms with Crippen molar-refractivity contribution < 1.29 is 14.6 Å². The summed E-state index contributed by atoms with van der Waals surface area (Å²) < 4.78 is 5.77. The van der Waals surface area contributed by atoms with Crippen LogP contribution in [0.5, 0.6) is 11.5 Å². The summed E-state index contributed by atoms with van der Waals surface area (Å²) in [6.07, 6.45) is 10.4. The van der Waals surface area contributed by atoms with Crippen LogP contribution >= 0.6 is 0 Å². The number of ether oxygens (including phenoxy) is 1. The molecule has 0 saturated carbocycles. The summed E-state index contributed by atoms with van der Waals surface area (Å²) in [6, 6.07) is 19.5. The van der Waals surface area contributed by atoms with Gasteiger partial charge in [-0.15, -0.1) is 0 Å². The topological polar surface area (TPSA) is 84.6 Å². The largest absolute Gasteiger partial charge is 0.507 e. The molecule has 3 aromatic carbocycles. The number of benzene rings is 3. The second-order valence-electron chi connectivity index (χ2n) is 8.50. The molecule has 0 radical (unpaired) electrons. The zero-order valence-corrected chi connectivity index (χ0v) is 21.2. The van der Waals surface area contributed by atoms with Gasteiger partial charge in [-0.25, -0.2) is 0 Å². The van der Waals surface area contributed by atoms with Crippen LogP contribution in [0.3, 0.4) is 0 Å². The van der Waals surface area contributed by atoms with E-state index in [1.165, 1.54) is 5.56 Å². The second-order valence-corrected chi connectivity index (χ2v) is 8.50. The van der Waals surface area contributed by atoms with Crippen LogP contribution in [-0.4, -0.2) is 30.7 Å². The van der Waals surface area contributed by atoms with Gasteiger partial charge >= 0.3 is 0 Å². The van der Waals surface area contributed by atoms with Crippen LogP contribution in [0.4, 0.5) is 0 Å². The third-order valence-corrected chi connectivity index (χ3v) is 5.77. The van der Waals surface area contributed by atoms with Gasteiger partial charge in [0, 0.05) is 18.3 Å². The maximum Gasteiger partial charge on any atom is 0.255 e. The number of carbonyl (C=O) groups excluding carboxylic acids is 1. The Labute approximate surface area is 213 Å². The number of hydrogen-bond acceptors (Lipinski definition) is 4. The predicted molar refractivity (Wildman–Crippen MR) is 148 cm³/mol. The molecule has 0 saturated heterocycles. The van der Waals surface area contributed by atoms with Gasteiger partial charge in [-0.1, -0.05) is 67.6 Å². The van der Waals surface area contributed by atoms with Gasteiger partial charge in [0.25, 0.3) is 5.91 Å². The summed E-state index contributed by atoms with van der Waals surface area (Å²) in [6.45, 7) is 5.22. The van der Waals surface area contributed by atoms with Gasteiger partial charge < -0.3 is 20.9 Å². The van der Waals surface area contributed by atoms with E-state index in [9.17, 15) is 9.90 Å². The van der Waals surface area contributed by atoms with Gasteiger partial charge in [0.05, 0.1) is 5.56 Å². The predicted octanol–water partition coefficient (Wildman–Crippen LogP) is 4.31. The minimum atomic E-state index is -0.196. The Morgan fingerprint density at radius 3 is 2.61 bits per heavy atom. The number of phenols is 1. The van der Waals surface area contributed by atoms with Gasteiger partial charge in [-0.05, 0) is 72.4 Å². The molecule has 0 aliphatic heterocycles. The van der Waals surface area contributed by atoms with Crippen LogP contribution in [-0.2, 0) is 6.42 Å². The number of hydrogen-bond donors (Lipinski definition) is 3. The van der Waals surface area contributed by atoms with Gasteiger partial charge in [-0.2, -0.15) is 0 Å². The number of nitrogens with one attached hydrogen (secondary N) is 1. The van der Waals surface area contributed by atoms with E-state index in [4.69, 9.17) is 10.5 Å². The normalized spacial score (nSPS) is 12.3. The lowest BCUT2D eigenvalue weighted by Gasteiger charge is -2.14. The van der Waals surface area contributed by atoms with Crippen molar-refractivity contribution in [2.45, 2.75) is 33.1 Å². The minimum Gasteiger partial charge on any atom is -0.507 e. The zero-order chi connectivity index (χ0) is 25.8. The first kappa shape index (κ1) is 26.8. The summed E-state index contributed by atoms with van der Waals surface area (Å²) in [5, 5.41) is 15.5. The van der Waals surface area contributed by atoms with Crippen LogP contribution < -0.4 is 26.2 Å². The number of aromatic hydroxyl groups is 1. The summed E-state index contributed by atoms with van der Waals surface area (Å²) in [5.74, 6) is 0.504. The first-order chi connectivity index (χ1) is 17.6. The van der Waals surface area contributed by atoms with Crippen molar-refractivity contribution in [3.8, 4) is 22.6 Å². The van der Waals surface area contributed by atoms with E-state index < -0.39 is 0 Å². The van der Waals surface area contributed by atoms with Gasteiger partial charge in [0.15, 0.2) is 0 Å². The van der Waals surface area contributed by atoms with Crippen LogP contribution in [0.2, 0.25) is 0 Å². The Balaban J connectivity index is 1.90. The van der Waals surface area contributed by atoms with Crippen LogP contribution in [0.1, 0.15) is 42.6 Å². The van der Waals surface area contributed by atoms with Gasteiger partial charge in [-0.3, -0.25) is 4.79 Å². The molecule has 188 valence electrons. The highest BCUT2D eigenvalue weighted by molar-refractivity contribution is 5.98. The molecule has 0 bridgehead atoms. The molecule has 0 heterocycles. The van der Waals surface area contributed by atoms with Crippen LogP contribution in [0.15, 0.2) is 72.8 Å². The standard InChI is InChI=1S/C31H36N2O3/c1-3-5-14-25-20-26(22-29(34)27(25)10-4-2)24-15-16-30(36-19-17-32)28(21-24)31(35)33-18-9-13-23-11-7-6-8-12-23/h3,5-8,10-12,14-16,20-22,34H,4,9,13,17-19,32H2,1-2H3,(H,33,35)/b5-3-,25-14-,27-10-. The van der Waals surface area contributed by atoms with E-state index in [0.29, 0.717) is 31.0 Å². The number of rotatable bonds is 11. The molecule has 4 N–H and O–H groups in total. The molecular weight excluding hydrogens is 448 g/mol. The number of amides is 1. The average molecular weight is 485 g/mol. The molecule has 0 atom stereocenters. The van der Waals surface area contributed by atoms with Crippen molar-refractivity contribution >= 4 is 18.1 Å². The summed E-state index contributed by atoms with van der Waals surface area (Å²) in [5.41, 5.74) is 8.95. The fourth-order valence-electron chi connectivity index (χ4n) is 4.01. The monoisotopic (exact) mass is 484 g/mol. The highest BCUT2D eigenvalue weighted by Crippen LogP contribution is 2.27. The number of aryl methyl sites for hydroxylation is 1. The van der Waals surface area contributed by atoms with Crippen molar-refractivity contribution in [3.63, 3.8) is 0 Å². The minimum absolute atomic E-state index is 0.196. The lowest BCUT2D eigenvalue weighted by molar-refractivity contribution is 0.0949. The smallest absolute Gasteiger partial charge is 0.255 e. The molecule has 1 amide bonds. The molecule has 0 fully saturated rings. The number of carbonyl (C=O) groups is 1.